The van der Waals surface area contributed by atoms with Crippen LogP contribution >= 0.6 is 0 Å². The van der Waals surface area contributed by atoms with Gasteiger partial charge in [0, 0.05) is 12.4 Å². The SMILES string of the molecule is O=c1c(-c2ccccn2)cnc2nc[nH]n12. The zero-order valence-electron chi connectivity index (χ0n) is 8.16. The fourth-order valence-corrected chi connectivity index (χ4v) is 1.50. The van der Waals surface area contributed by atoms with Crippen LogP contribution in [0.25, 0.3) is 17.0 Å². The molecule has 78 valence electrons. The Balaban J connectivity index is 2.33. The summed E-state index contributed by atoms with van der Waals surface area (Å²) in [5.41, 5.74) is 0.840. The van der Waals surface area contributed by atoms with Crippen LogP contribution in [0, 0.1) is 0 Å². The quantitative estimate of drug-likeness (QED) is 0.637. The van der Waals surface area contributed by atoms with Gasteiger partial charge < -0.3 is 0 Å². The van der Waals surface area contributed by atoms with Crippen molar-refractivity contribution in [1.29, 1.82) is 0 Å². The fraction of sp³-hybridized carbons (Fsp3) is 0. The molecule has 0 saturated heterocycles. The van der Waals surface area contributed by atoms with Crippen molar-refractivity contribution in [3.63, 3.8) is 0 Å². The lowest BCUT2D eigenvalue weighted by Gasteiger charge is -1.98. The molecule has 0 aliphatic heterocycles. The van der Waals surface area contributed by atoms with Crippen LogP contribution in [0.1, 0.15) is 0 Å². The van der Waals surface area contributed by atoms with Crippen molar-refractivity contribution in [1.82, 2.24) is 24.6 Å². The molecule has 3 heterocycles. The van der Waals surface area contributed by atoms with E-state index in [4.69, 9.17) is 0 Å². The molecule has 6 heteroatoms. The van der Waals surface area contributed by atoms with Crippen LogP contribution in [0.2, 0.25) is 0 Å². The molecule has 16 heavy (non-hydrogen) atoms. The van der Waals surface area contributed by atoms with Gasteiger partial charge in [0.2, 0.25) is 0 Å². The Labute approximate surface area is 89.6 Å². The molecule has 3 rings (SSSR count). The number of aromatic amines is 1. The molecule has 1 N–H and O–H groups in total. The van der Waals surface area contributed by atoms with E-state index in [1.807, 2.05) is 6.07 Å². The Morgan fingerprint density at radius 2 is 2.12 bits per heavy atom. The molecule has 0 bridgehead atoms. The predicted octanol–water partition coefficient (Wildman–Crippen LogP) is 0.480. The first kappa shape index (κ1) is 8.78. The minimum Gasteiger partial charge on any atom is -0.278 e. The summed E-state index contributed by atoms with van der Waals surface area (Å²) in [7, 11) is 0. The van der Waals surface area contributed by atoms with E-state index in [0.717, 1.165) is 0 Å². The molecule has 0 aliphatic carbocycles. The van der Waals surface area contributed by atoms with Crippen molar-refractivity contribution in [2.24, 2.45) is 0 Å². The summed E-state index contributed by atoms with van der Waals surface area (Å²) in [4.78, 5) is 24.1. The van der Waals surface area contributed by atoms with E-state index < -0.39 is 0 Å². The van der Waals surface area contributed by atoms with E-state index in [2.05, 4.69) is 20.1 Å². The maximum Gasteiger partial charge on any atom is 0.283 e. The molecule has 0 unspecified atom stereocenters. The molecule has 0 spiro atoms. The van der Waals surface area contributed by atoms with E-state index in [1.165, 1.54) is 17.0 Å². The largest absolute Gasteiger partial charge is 0.283 e. The molecular formula is C10H7N5O. The second-order valence-corrected chi connectivity index (χ2v) is 3.21. The van der Waals surface area contributed by atoms with Crippen LogP contribution < -0.4 is 5.56 Å². The van der Waals surface area contributed by atoms with Gasteiger partial charge in [-0.05, 0) is 12.1 Å². The summed E-state index contributed by atoms with van der Waals surface area (Å²) in [5, 5.41) is 2.70. The highest BCUT2D eigenvalue weighted by Crippen LogP contribution is 2.09. The second kappa shape index (κ2) is 3.27. The first-order valence-corrected chi connectivity index (χ1v) is 4.69. The Bertz CT molecular complexity index is 685. The maximum atomic E-state index is 12.0. The fourth-order valence-electron chi connectivity index (χ4n) is 1.50. The van der Waals surface area contributed by atoms with Crippen molar-refractivity contribution in [2.75, 3.05) is 0 Å². The van der Waals surface area contributed by atoms with Gasteiger partial charge in [-0.1, -0.05) is 6.07 Å². The summed E-state index contributed by atoms with van der Waals surface area (Å²) in [6.07, 6.45) is 4.55. The van der Waals surface area contributed by atoms with E-state index >= 15 is 0 Å². The molecule has 3 aromatic heterocycles. The molecule has 0 saturated carbocycles. The van der Waals surface area contributed by atoms with Gasteiger partial charge >= 0.3 is 0 Å². The van der Waals surface area contributed by atoms with Crippen molar-refractivity contribution in [2.45, 2.75) is 0 Å². The van der Waals surface area contributed by atoms with Gasteiger partial charge in [0.05, 0.1) is 11.3 Å². The van der Waals surface area contributed by atoms with Crippen molar-refractivity contribution < 1.29 is 0 Å². The highest BCUT2D eigenvalue weighted by molar-refractivity contribution is 5.57. The topological polar surface area (TPSA) is 75.9 Å². The lowest BCUT2D eigenvalue weighted by Crippen LogP contribution is -2.17. The Morgan fingerprint density at radius 1 is 1.19 bits per heavy atom. The standard InChI is InChI=1S/C10H7N5O/c16-9-7(8-3-1-2-4-11-8)5-12-10-13-6-14-15(9)10/h1-6H,(H,12,13,14). The number of aromatic nitrogens is 5. The average Bonchev–Trinajstić information content (AvgIpc) is 2.80. The predicted molar refractivity (Wildman–Crippen MR) is 56.8 cm³/mol. The minimum atomic E-state index is -0.207. The number of H-pyrrole nitrogens is 1. The smallest absolute Gasteiger partial charge is 0.278 e. The lowest BCUT2D eigenvalue weighted by atomic mass is 10.2. The van der Waals surface area contributed by atoms with Crippen LogP contribution in [-0.2, 0) is 0 Å². The van der Waals surface area contributed by atoms with Gasteiger partial charge in [-0.15, -0.1) is 0 Å². The number of fused-ring (bicyclic) bond motifs is 1. The molecule has 3 aromatic rings. The molecular weight excluding hydrogens is 206 g/mol. The molecule has 0 amide bonds. The average molecular weight is 213 g/mol. The summed E-state index contributed by atoms with van der Waals surface area (Å²) < 4.78 is 1.28. The number of hydrogen-bond donors (Lipinski definition) is 1. The third kappa shape index (κ3) is 1.20. The normalized spacial score (nSPS) is 10.8. The van der Waals surface area contributed by atoms with Crippen LogP contribution in [0.3, 0.4) is 0 Å². The summed E-state index contributed by atoms with van der Waals surface area (Å²) in [6.45, 7) is 0. The number of rotatable bonds is 1. The second-order valence-electron chi connectivity index (χ2n) is 3.21. The first-order valence-electron chi connectivity index (χ1n) is 4.69. The van der Waals surface area contributed by atoms with E-state index in [9.17, 15) is 4.79 Å². The molecule has 0 aliphatic rings. The van der Waals surface area contributed by atoms with Crippen LogP contribution in [0.15, 0.2) is 41.7 Å². The van der Waals surface area contributed by atoms with Gasteiger partial charge in [0.15, 0.2) is 0 Å². The Kier molecular flexibility index (Phi) is 1.79. The summed E-state index contributed by atoms with van der Waals surface area (Å²) in [6, 6.07) is 5.38. The Morgan fingerprint density at radius 3 is 2.94 bits per heavy atom. The minimum absolute atomic E-state index is 0.207. The van der Waals surface area contributed by atoms with Crippen LogP contribution in [0.4, 0.5) is 0 Å². The van der Waals surface area contributed by atoms with Crippen molar-refractivity contribution >= 4 is 5.78 Å². The van der Waals surface area contributed by atoms with Gasteiger partial charge in [-0.2, -0.15) is 4.52 Å². The third-order valence-electron chi connectivity index (χ3n) is 2.25. The number of pyridine rings is 1. The number of nitrogens with zero attached hydrogens (tertiary/aromatic N) is 4. The van der Waals surface area contributed by atoms with Crippen molar-refractivity contribution in [3.05, 3.63) is 47.3 Å². The molecule has 0 fully saturated rings. The summed E-state index contributed by atoms with van der Waals surface area (Å²) >= 11 is 0. The van der Waals surface area contributed by atoms with Gasteiger partial charge in [-0.25, -0.2) is 9.97 Å². The Hall–Kier alpha value is -2.50. The lowest BCUT2D eigenvalue weighted by molar-refractivity contribution is 0.900. The van der Waals surface area contributed by atoms with Gasteiger partial charge in [0.25, 0.3) is 11.3 Å². The van der Waals surface area contributed by atoms with E-state index in [0.29, 0.717) is 17.0 Å². The molecule has 0 radical (unpaired) electrons. The maximum absolute atomic E-state index is 12.0. The van der Waals surface area contributed by atoms with Crippen LogP contribution in [0.5, 0.6) is 0 Å². The highest BCUT2D eigenvalue weighted by atomic mass is 16.1. The van der Waals surface area contributed by atoms with Crippen molar-refractivity contribution in [3.8, 4) is 11.3 Å². The van der Waals surface area contributed by atoms with Gasteiger partial charge in [-0.3, -0.25) is 14.9 Å². The zero-order chi connectivity index (χ0) is 11.0. The van der Waals surface area contributed by atoms with Crippen LogP contribution in [-0.4, -0.2) is 24.6 Å². The summed E-state index contributed by atoms with van der Waals surface area (Å²) in [5.74, 6) is 0.352. The number of hydrogen-bond acceptors (Lipinski definition) is 4. The zero-order valence-corrected chi connectivity index (χ0v) is 8.16. The number of nitrogens with one attached hydrogen (secondary N) is 1. The first-order chi connectivity index (χ1) is 7.86. The molecule has 6 nitrogen and oxygen atoms in total. The third-order valence-corrected chi connectivity index (χ3v) is 2.25. The van der Waals surface area contributed by atoms with Gasteiger partial charge in [0.1, 0.15) is 6.33 Å². The van der Waals surface area contributed by atoms with E-state index in [1.54, 1.807) is 18.3 Å². The monoisotopic (exact) mass is 213 g/mol. The highest BCUT2D eigenvalue weighted by Gasteiger charge is 2.08. The molecule has 0 atom stereocenters. The van der Waals surface area contributed by atoms with E-state index in [-0.39, 0.29) is 5.56 Å². The molecule has 0 aromatic carbocycles.